The zero-order chi connectivity index (χ0) is 17.6. The molecule has 24 heavy (non-hydrogen) atoms. The summed E-state index contributed by atoms with van der Waals surface area (Å²) in [7, 11) is -3.75. The molecule has 0 saturated heterocycles. The average molecular weight is 398 g/mol. The molecule has 126 valence electrons. The molecule has 0 bridgehead atoms. The van der Waals surface area contributed by atoms with Crippen molar-refractivity contribution in [2.24, 2.45) is 4.40 Å². The van der Waals surface area contributed by atoms with Crippen molar-refractivity contribution in [1.29, 1.82) is 0 Å². The number of thioether (sulfide) groups is 2. The first-order valence-corrected chi connectivity index (χ1v) is 10.6. The molecule has 0 heterocycles. The van der Waals surface area contributed by atoms with Crippen LogP contribution in [0.1, 0.15) is 5.56 Å². The first-order chi connectivity index (χ1) is 11.4. The highest BCUT2D eigenvalue weighted by molar-refractivity contribution is 8.39. The molecular formula is C17H16ClNO2S3. The van der Waals surface area contributed by atoms with Crippen molar-refractivity contribution in [2.45, 2.75) is 16.7 Å². The molecule has 0 unspecified atom stereocenters. The predicted octanol–water partition coefficient (Wildman–Crippen LogP) is 5.40. The molecule has 2 aromatic rings. The topological polar surface area (TPSA) is 46.5 Å². The quantitative estimate of drug-likeness (QED) is 0.293. The zero-order valence-corrected chi connectivity index (χ0v) is 16.2. The van der Waals surface area contributed by atoms with Gasteiger partial charge in [-0.2, -0.15) is 8.42 Å². The van der Waals surface area contributed by atoms with Crippen molar-refractivity contribution in [2.75, 3.05) is 5.75 Å². The van der Waals surface area contributed by atoms with Gasteiger partial charge in [0.2, 0.25) is 0 Å². The van der Waals surface area contributed by atoms with Crippen molar-refractivity contribution in [3.05, 3.63) is 71.8 Å². The minimum absolute atomic E-state index is 0.182. The van der Waals surface area contributed by atoms with E-state index in [4.69, 9.17) is 11.6 Å². The number of nitrogens with zero attached hydrogens (tertiary/aromatic N) is 1. The minimum atomic E-state index is -3.75. The Morgan fingerprint density at radius 2 is 1.79 bits per heavy atom. The molecule has 0 spiro atoms. The van der Waals surface area contributed by atoms with Gasteiger partial charge in [0.15, 0.2) is 0 Å². The standard InChI is InChI=1S/C17H16ClNO2S3/c1-3-12-22-17(23-15-8-6-14(18)7-9-15)19-24(20,21)16-10-4-13(2)5-11-16/h3-11H,1,12H2,2H3. The van der Waals surface area contributed by atoms with Crippen LogP contribution in [-0.4, -0.2) is 18.5 Å². The summed E-state index contributed by atoms with van der Waals surface area (Å²) in [6.45, 7) is 5.57. The van der Waals surface area contributed by atoms with Gasteiger partial charge in [0.25, 0.3) is 10.0 Å². The van der Waals surface area contributed by atoms with Crippen LogP contribution in [-0.2, 0) is 10.0 Å². The van der Waals surface area contributed by atoms with E-state index in [1.54, 1.807) is 42.5 Å². The Hall–Kier alpha value is -1.21. The van der Waals surface area contributed by atoms with E-state index in [2.05, 4.69) is 11.0 Å². The Morgan fingerprint density at radius 3 is 2.38 bits per heavy atom. The third kappa shape index (κ3) is 5.70. The highest BCUT2D eigenvalue weighted by Crippen LogP contribution is 2.29. The number of hydrogen-bond acceptors (Lipinski definition) is 4. The van der Waals surface area contributed by atoms with Crippen LogP contribution in [0.15, 0.2) is 75.4 Å². The Bertz CT molecular complexity index is 829. The normalized spacial score (nSPS) is 12.2. The van der Waals surface area contributed by atoms with Crippen LogP contribution in [0.3, 0.4) is 0 Å². The summed E-state index contributed by atoms with van der Waals surface area (Å²) in [5.74, 6) is 0.572. The average Bonchev–Trinajstić information content (AvgIpc) is 2.55. The molecule has 0 aliphatic rings. The first kappa shape index (κ1) is 19.1. The first-order valence-electron chi connectivity index (χ1n) is 6.99. The Kier molecular flexibility index (Phi) is 6.98. The monoisotopic (exact) mass is 397 g/mol. The highest BCUT2D eigenvalue weighted by atomic mass is 35.5. The third-order valence-electron chi connectivity index (χ3n) is 2.86. The van der Waals surface area contributed by atoms with Crippen molar-refractivity contribution in [1.82, 2.24) is 0 Å². The van der Waals surface area contributed by atoms with Gasteiger partial charge in [-0.25, -0.2) is 0 Å². The molecule has 0 saturated carbocycles. The molecule has 0 radical (unpaired) electrons. The van der Waals surface area contributed by atoms with E-state index in [9.17, 15) is 8.42 Å². The smallest absolute Gasteiger partial charge is 0.199 e. The number of rotatable bonds is 5. The molecule has 0 aliphatic carbocycles. The van der Waals surface area contributed by atoms with Crippen LogP contribution in [0, 0.1) is 6.92 Å². The van der Waals surface area contributed by atoms with Gasteiger partial charge >= 0.3 is 0 Å². The minimum Gasteiger partial charge on any atom is -0.199 e. The maximum Gasteiger partial charge on any atom is 0.283 e. The molecule has 0 aromatic heterocycles. The molecule has 0 N–H and O–H groups in total. The molecule has 0 fully saturated rings. The summed E-state index contributed by atoms with van der Waals surface area (Å²) in [5.41, 5.74) is 0.995. The van der Waals surface area contributed by atoms with E-state index in [1.807, 2.05) is 19.1 Å². The molecule has 0 amide bonds. The van der Waals surface area contributed by atoms with Crippen LogP contribution in [0.5, 0.6) is 0 Å². The van der Waals surface area contributed by atoms with Gasteiger partial charge in [0.1, 0.15) is 4.38 Å². The number of halogens is 1. The fourth-order valence-corrected chi connectivity index (χ4v) is 4.99. The molecule has 7 heteroatoms. The Morgan fingerprint density at radius 1 is 1.17 bits per heavy atom. The van der Waals surface area contributed by atoms with E-state index in [0.717, 1.165) is 10.5 Å². The Labute approximate surface area is 156 Å². The predicted molar refractivity (Wildman–Crippen MR) is 106 cm³/mol. The number of sulfonamides is 1. The van der Waals surface area contributed by atoms with Crippen molar-refractivity contribution >= 4 is 49.5 Å². The summed E-state index contributed by atoms with van der Waals surface area (Å²) in [6.07, 6.45) is 1.71. The van der Waals surface area contributed by atoms with E-state index in [1.165, 1.54) is 23.5 Å². The zero-order valence-electron chi connectivity index (χ0n) is 13.0. The second kappa shape index (κ2) is 8.76. The lowest BCUT2D eigenvalue weighted by molar-refractivity contribution is 0.598. The lowest BCUT2D eigenvalue weighted by Gasteiger charge is -2.06. The second-order valence-corrected chi connectivity index (χ2v) is 9.17. The SMILES string of the molecule is C=CCSC(=NS(=O)(=O)c1ccc(C)cc1)Sc1ccc(Cl)cc1. The number of benzene rings is 2. The van der Waals surface area contributed by atoms with Crippen LogP contribution < -0.4 is 0 Å². The third-order valence-corrected chi connectivity index (χ3v) is 6.75. The molecule has 0 aliphatic heterocycles. The summed E-state index contributed by atoms with van der Waals surface area (Å²) < 4.78 is 29.4. The van der Waals surface area contributed by atoms with Gasteiger partial charge < -0.3 is 0 Å². The second-order valence-electron chi connectivity index (χ2n) is 4.80. The van der Waals surface area contributed by atoms with E-state index < -0.39 is 10.0 Å². The summed E-state index contributed by atoms with van der Waals surface area (Å²) in [5, 5.41) is 0.629. The fraction of sp³-hybridized carbons (Fsp3) is 0.118. The molecule has 2 aromatic carbocycles. The summed E-state index contributed by atoms with van der Waals surface area (Å²) in [6, 6.07) is 13.8. The number of hydrogen-bond donors (Lipinski definition) is 0. The molecule has 2 rings (SSSR count). The largest absolute Gasteiger partial charge is 0.283 e. The van der Waals surface area contributed by atoms with Gasteiger partial charge in [0.05, 0.1) is 4.90 Å². The van der Waals surface area contributed by atoms with Crippen LogP contribution in [0.4, 0.5) is 0 Å². The molecular weight excluding hydrogens is 382 g/mol. The maximum absolute atomic E-state index is 12.5. The Balaban J connectivity index is 2.31. The van der Waals surface area contributed by atoms with Crippen molar-refractivity contribution in [3.63, 3.8) is 0 Å². The van der Waals surface area contributed by atoms with Gasteiger partial charge in [-0.3, -0.25) is 0 Å². The summed E-state index contributed by atoms with van der Waals surface area (Å²) in [4.78, 5) is 1.05. The van der Waals surface area contributed by atoms with E-state index >= 15 is 0 Å². The molecule has 3 nitrogen and oxygen atoms in total. The highest BCUT2D eigenvalue weighted by Gasteiger charge is 2.15. The maximum atomic E-state index is 12.5. The van der Waals surface area contributed by atoms with Crippen LogP contribution in [0.25, 0.3) is 0 Å². The van der Waals surface area contributed by atoms with Crippen molar-refractivity contribution in [3.8, 4) is 0 Å². The van der Waals surface area contributed by atoms with E-state index in [0.29, 0.717) is 15.2 Å². The lowest BCUT2D eigenvalue weighted by atomic mass is 10.2. The summed E-state index contributed by atoms with van der Waals surface area (Å²) >= 11 is 8.49. The van der Waals surface area contributed by atoms with Gasteiger partial charge in [-0.05, 0) is 43.3 Å². The van der Waals surface area contributed by atoms with Crippen molar-refractivity contribution < 1.29 is 8.42 Å². The number of aryl methyl sites for hydroxylation is 1. The molecule has 0 atom stereocenters. The van der Waals surface area contributed by atoms with Crippen LogP contribution in [0.2, 0.25) is 5.02 Å². The van der Waals surface area contributed by atoms with Gasteiger partial charge in [0, 0.05) is 15.7 Å². The van der Waals surface area contributed by atoms with Gasteiger partial charge in [-0.15, -0.1) is 11.0 Å². The van der Waals surface area contributed by atoms with Crippen LogP contribution >= 0.6 is 35.1 Å². The fourth-order valence-electron chi connectivity index (χ4n) is 1.67. The lowest BCUT2D eigenvalue weighted by Crippen LogP contribution is -2.00. The van der Waals surface area contributed by atoms with E-state index in [-0.39, 0.29) is 4.90 Å². The van der Waals surface area contributed by atoms with Gasteiger partial charge in [-0.1, -0.05) is 58.9 Å².